The first-order chi connectivity index (χ1) is 8.56. The molecule has 0 spiro atoms. The number of Topliss-reactive ketones (excluding diaryl/α,β-unsaturated/α-hetero) is 1. The zero-order chi connectivity index (χ0) is 13.1. The van der Waals surface area contributed by atoms with Crippen molar-refractivity contribution in [3.05, 3.63) is 53.7 Å². The summed E-state index contributed by atoms with van der Waals surface area (Å²) in [6.07, 6.45) is 1.36. The third-order valence-corrected chi connectivity index (χ3v) is 2.26. The van der Waals surface area contributed by atoms with Gasteiger partial charge in [-0.1, -0.05) is 0 Å². The molecule has 92 valence electrons. The summed E-state index contributed by atoms with van der Waals surface area (Å²) < 4.78 is 30.8. The standard InChI is InChI=1S/C13H9F2NO2/c1-8(17)9-2-5-13(16-7-9)18-10-3-4-11(14)12(15)6-10/h2-7H,1H3. The Kier molecular flexibility index (Phi) is 3.32. The van der Waals surface area contributed by atoms with Gasteiger partial charge in [-0.2, -0.15) is 0 Å². The number of aromatic nitrogens is 1. The lowest BCUT2D eigenvalue weighted by molar-refractivity contribution is 0.101. The van der Waals surface area contributed by atoms with Crippen LogP contribution in [0.25, 0.3) is 0 Å². The Balaban J connectivity index is 2.18. The van der Waals surface area contributed by atoms with E-state index < -0.39 is 11.6 Å². The molecule has 3 nitrogen and oxygen atoms in total. The zero-order valence-corrected chi connectivity index (χ0v) is 9.48. The predicted molar refractivity (Wildman–Crippen MR) is 60.7 cm³/mol. The number of halogens is 2. The smallest absolute Gasteiger partial charge is 0.219 e. The number of carbonyl (C=O) groups is 1. The molecule has 0 radical (unpaired) electrons. The Morgan fingerprint density at radius 1 is 1.17 bits per heavy atom. The van der Waals surface area contributed by atoms with Crippen molar-refractivity contribution in [1.29, 1.82) is 0 Å². The lowest BCUT2D eigenvalue weighted by Gasteiger charge is -2.05. The summed E-state index contributed by atoms with van der Waals surface area (Å²) in [7, 11) is 0. The van der Waals surface area contributed by atoms with Crippen LogP contribution < -0.4 is 4.74 Å². The van der Waals surface area contributed by atoms with Crippen LogP contribution in [0.1, 0.15) is 17.3 Å². The Hall–Kier alpha value is -2.30. The van der Waals surface area contributed by atoms with Crippen molar-refractivity contribution in [1.82, 2.24) is 4.98 Å². The molecule has 2 rings (SSSR count). The number of pyridine rings is 1. The van der Waals surface area contributed by atoms with Gasteiger partial charge in [0.2, 0.25) is 5.88 Å². The lowest BCUT2D eigenvalue weighted by Crippen LogP contribution is -1.95. The molecule has 0 unspecified atom stereocenters. The molecule has 0 N–H and O–H groups in total. The first kappa shape index (κ1) is 12.2. The maximum absolute atomic E-state index is 12.9. The van der Waals surface area contributed by atoms with E-state index in [9.17, 15) is 13.6 Å². The number of ether oxygens (including phenoxy) is 1. The van der Waals surface area contributed by atoms with Gasteiger partial charge in [0.15, 0.2) is 17.4 Å². The normalized spacial score (nSPS) is 10.2. The van der Waals surface area contributed by atoms with Crippen molar-refractivity contribution in [2.45, 2.75) is 6.92 Å². The van der Waals surface area contributed by atoms with Gasteiger partial charge >= 0.3 is 0 Å². The predicted octanol–water partition coefficient (Wildman–Crippen LogP) is 3.35. The first-order valence-electron chi connectivity index (χ1n) is 5.16. The van der Waals surface area contributed by atoms with Crippen LogP contribution in [0.5, 0.6) is 11.6 Å². The quantitative estimate of drug-likeness (QED) is 0.783. The van der Waals surface area contributed by atoms with Crippen molar-refractivity contribution in [2.24, 2.45) is 0 Å². The second kappa shape index (κ2) is 4.91. The molecule has 18 heavy (non-hydrogen) atoms. The minimum atomic E-state index is -0.993. The number of benzene rings is 1. The van der Waals surface area contributed by atoms with Gasteiger partial charge in [-0.15, -0.1) is 0 Å². The molecule has 0 atom stereocenters. The monoisotopic (exact) mass is 249 g/mol. The highest BCUT2D eigenvalue weighted by atomic mass is 19.2. The summed E-state index contributed by atoms with van der Waals surface area (Å²) >= 11 is 0. The van der Waals surface area contributed by atoms with E-state index in [1.807, 2.05) is 0 Å². The average molecular weight is 249 g/mol. The Labute approximate surface area is 102 Å². The molecule has 0 bridgehead atoms. The van der Waals surface area contributed by atoms with Crippen molar-refractivity contribution in [2.75, 3.05) is 0 Å². The van der Waals surface area contributed by atoms with Gasteiger partial charge in [-0.3, -0.25) is 4.79 Å². The molecular weight excluding hydrogens is 240 g/mol. The molecule has 5 heteroatoms. The molecule has 1 aromatic carbocycles. The fraction of sp³-hybridized carbons (Fsp3) is 0.0769. The first-order valence-corrected chi connectivity index (χ1v) is 5.16. The summed E-state index contributed by atoms with van der Waals surface area (Å²) in [5, 5.41) is 0. The third-order valence-electron chi connectivity index (χ3n) is 2.26. The molecule has 2 aromatic rings. The van der Waals surface area contributed by atoms with Gasteiger partial charge in [0.25, 0.3) is 0 Å². The molecular formula is C13H9F2NO2. The van der Waals surface area contributed by atoms with Gasteiger partial charge in [0, 0.05) is 23.9 Å². The molecule has 1 heterocycles. The highest BCUT2D eigenvalue weighted by Crippen LogP contribution is 2.21. The maximum atomic E-state index is 12.9. The molecule has 0 aliphatic carbocycles. The van der Waals surface area contributed by atoms with E-state index in [1.54, 1.807) is 6.07 Å². The topological polar surface area (TPSA) is 39.2 Å². The van der Waals surface area contributed by atoms with E-state index in [2.05, 4.69) is 4.98 Å². The fourth-order valence-electron chi connectivity index (χ4n) is 1.31. The summed E-state index contributed by atoms with van der Waals surface area (Å²) in [5.74, 6) is -1.71. The fourth-order valence-corrected chi connectivity index (χ4v) is 1.31. The number of nitrogens with zero attached hydrogens (tertiary/aromatic N) is 1. The van der Waals surface area contributed by atoms with E-state index in [1.165, 1.54) is 25.3 Å². The molecule has 0 fully saturated rings. The van der Waals surface area contributed by atoms with Gasteiger partial charge in [-0.05, 0) is 25.1 Å². The van der Waals surface area contributed by atoms with Crippen LogP contribution in [-0.2, 0) is 0 Å². The van der Waals surface area contributed by atoms with Crippen LogP contribution in [0.15, 0.2) is 36.5 Å². The highest BCUT2D eigenvalue weighted by molar-refractivity contribution is 5.93. The van der Waals surface area contributed by atoms with Crippen LogP contribution in [-0.4, -0.2) is 10.8 Å². The SMILES string of the molecule is CC(=O)c1ccc(Oc2ccc(F)c(F)c2)nc1. The third kappa shape index (κ3) is 2.68. The minimum Gasteiger partial charge on any atom is -0.439 e. The summed E-state index contributed by atoms with van der Waals surface area (Å²) in [6.45, 7) is 1.42. The number of hydrogen-bond donors (Lipinski definition) is 0. The van der Waals surface area contributed by atoms with Gasteiger partial charge in [0.05, 0.1) is 0 Å². The minimum absolute atomic E-state index is 0.109. The second-order valence-electron chi connectivity index (χ2n) is 3.62. The summed E-state index contributed by atoms with van der Waals surface area (Å²) in [6, 6.07) is 6.21. The molecule has 0 saturated carbocycles. The second-order valence-corrected chi connectivity index (χ2v) is 3.62. The average Bonchev–Trinajstić information content (AvgIpc) is 2.34. The van der Waals surface area contributed by atoms with Gasteiger partial charge in [0.1, 0.15) is 5.75 Å². The zero-order valence-electron chi connectivity index (χ0n) is 9.48. The Bertz CT molecular complexity index is 582. The van der Waals surface area contributed by atoms with E-state index in [0.29, 0.717) is 5.56 Å². The molecule has 0 aliphatic rings. The number of rotatable bonds is 3. The van der Waals surface area contributed by atoms with E-state index in [-0.39, 0.29) is 17.4 Å². The van der Waals surface area contributed by atoms with Crippen molar-refractivity contribution >= 4 is 5.78 Å². The largest absolute Gasteiger partial charge is 0.439 e. The Morgan fingerprint density at radius 2 is 1.94 bits per heavy atom. The molecule has 0 amide bonds. The van der Waals surface area contributed by atoms with E-state index in [0.717, 1.165) is 12.1 Å². The van der Waals surface area contributed by atoms with Gasteiger partial charge in [-0.25, -0.2) is 13.8 Å². The lowest BCUT2D eigenvalue weighted by atomic mass is 10.2. The van der Waals surface area contributed by atoms with Crippen LogP contribution >= 0.6 is 0 Å². The molecule has 1 aromatic heterocycles. The Morgan fingerprint density at radius 3 is 2.50 bits per heavy atom. The van der Waals surface area contributed by atoms with Crippen LogP contribution in [0.3, 0.4) is 0 Å². The summed E-state index contributed by atoms with van der Waals surface area (Å²) in [5.41, 5.74) is 0.452. The highest BCUT2D eigenvalue weighted by Gasteiger charge is 2.05. The van der Waals surface area contributed by atoms with Gasteiger partial charge < -0.3 is 4.74 Å². The van der Waals surface area contributed by atoms with Crippen LogP contribution in [0.4, 0.5) is 8.78 Å². The summed E-state index contributed by atoms with van der Waals surface area (Å²) in [4.78, 5) is 14.9. The number of ketones is 1. The van der Waals surface area contributed by atoms with Crippen LogP contribution in [0, 0.1) is 11.6 Å². The van der Waals surface area contributed by atoms with E-state index >= 15 is 0 Å². The molecule has 0 aliphatic heterocycles. The number of carbonyl (C=O) groups excluding carboxylic acids is 1. The van der Waals surface area contributed by atoms with Crippen LogP contribution in [0.2, 0.25) is 0 Å². The van der Waals surface area contributed by atoms with Crippen molar-refractivity contribution < 1.29 is 18.3 Å². The van der Waals surface area contributed by atoms with Crippen molar-refractivity contribution in [3.8, 4) is 11.6 Å². The maximum Gasteiger partial charge on any atom is 0.219 e. The molecule has 0 saturated heterocycles. The number of hydrogen-bond acceptors (Lipinski definition) is 3. The van der Waals surface area contributed by atoms with E-state index in [4.69, 9.17) is 4.74 Å². The van der Waals surface area contributed by atoms with Crippen molar-refractivity contribution in [3.63, 3.8) is 0 Å².